The average Bonchev–Trinajstić information content (AvgIpc) is 2.70. The minimum Gasteiger partial charge on any atom is -0.325 e. The minimum atomic E-state index is -0.474. The molecule has 0 radical (unpaired) electrons. The largest absolute Gasteiger partial charge is 0.325 e. The molecule has 0 spiro atoms. The zero-order chi connectivity index (χ0) is 20.1. The molecule has 146 valence electrons. The molecule has 2 heterocycles. The molecule has 1 aliphatic heterocycles. The van der Waals surface area contributed by atoms with E-state index in [9.17, 15) is 14.4 Å². The monoisotopic (exact) mass is 400 g/mol. The van der Waals surface area contributed by atoms with Crippen molar-refractivity contribution in [3.63, 3.8) is 0 Å². The van der Waals surface area contributed by atoms with Gasteiger partial charge in [-0.05, 0) is 63.2 Å². The highest BCUT2D eigenvalue weighted by atomic mass is 35.5. The van der Waals surface area contributed by atoms with E-state index in [-0.39, 0.29) is 23.2 Å². The van der Waals surface area contributed by atoms with E-state index in [1.54, 1.807) is 24.3 Å². The molecule has 1 aliphatic rings. The Kier molecular flexibility index (Phi) is 6.38. The van der Waals surface area contributed by atoms with E-state index in [0.717, 1.165) is 25.9 Å². The second-order valence-corrected chi connectivity index (χ2v) is 7.08. The smallest absolute Gasteiger partial charge is 0.258 e. The number of hydrogen-bond donors (Lipinski definition) is 3. The van der Waals surface area contributed by atoms with Gasteiger partial charge in [0.2, 0.25) is 5.91 Å². The summed E-state index contributed by atoms with van der Waals surface area (Å²) in [7, 11) is 0. The molecule has 2 aromatic rings. The van der Waals surface area contributed by atoms with Gasteiger partial charge in [0.05, 0.1) is 16.3 Å². The SMILES string of the molecule is CC(=O)c1ccc(NC(=O)C2CCNCC2)c(C(=O)Nc2ccc(Cl)cn2)c1. The number of carbonyl (C=O) groups excluding carboxylic acids is 3. The third kappa shape index (κ3) is 4.94. The number of halogens is 1. The molecule has 0 atom stereocenters. The molecule has 3 N–H and O–H groups in total. The van der Waals surface area contributed by atoms with Crippen LogP contribution in [0.3, 0.4) is 0 Å². The summed E-state index contributed by atoms with van der Waals surface area (Å²) in [5.74, 6) is -0.565. The molecule has 7 nitrogen and oxygen atoms in total. The van der Waals surface area contributed by atoms with Crippen LogP contribution in [0, 0.1) is 5.92 Å². The van der Waals surface area contributed by atoms with Crippen molar-refractivity contribution >= 4 is 40.7 Å². The molecule has 1 aromatic heterocycles. The van der Waals surface area contributed by atoms with E-state index in [1.165, 1.54) is 19.2 Å². The Morgan fingerprint density at radius 2 is 1.86 bits per heavy atom. The summed E-state index contributed by atoms with van der Waals surface area (Å²) >= 11 is 5.81. The van der Waals surface area contributed by atoms with Crippen molar-refractivity contribution in [2.24, 2.45) is 5.92 Å². The molecule has 0 bridgehead atoms. The lowest BCUT2D eigenvalue weighted by atomic mass is 9.96. The summed E-state index contributed by atoms with van der Waals surface area (Å²) in [6, 6.07) is 7.83. The van der Waals surface area contributed by atoms with Crippen LogP contribution in [0.25, 0.3) is 0 Å². The quantitative estimate of drug-likeness (QED) is 0.669. The van der Waals surface area contributed by atoms with Crippen molar-refractivity contribution in [3.8, 4) is 0 Å². The van der Waals surface area contributed by atoms with Gasteiger partial charge in [-0.2, -0.15) is 0 Å². The Morgan fingerprint density at radius 3 is 2.50 bits per heavy atom. The first kappa shape index (κ1) is 20.0. The summed E-state index contributed by atoms with van der Waals surface area (Å²) in [5.41, 5.74) is 0.945. The zero-order valence-electron chi connectivity index (χ0n) is 15.4. The fraction of sp³-hybridized carbons (Fsp3) is 0.300. The van der Waals surface area contributed by atoms with Crippen molar-refractivity contribution in [2.45, 2.75) is 19.8 Å². The summed E-state index contributed by atoms with van der Waals surface area (Å²) in [6.45, 7) is 3.00. The zero-order valence-corrected chi connectivity index (χ0v) is 16.2. The number of nitrogens with one attached hydrogen (secondary N) is 3. The summed E-state index contributed by atoms with van der Waals surface area (Å²) in [4.78, 5) is 41.2. The van der Waals surface area contributed by atoms with Crippen molar-refractivity contribution in [1.82, 2.24) is 10.3 Å². The van der Waals surface area contributed by atoms with E-state index in [0.29, 0.717) is 22.1 Å². The van der Waals surface area contributed by atoms with Gasteiger partial charge in [0, 0.05) is 17.7 Å². The molecule has 28 heavy (non-hydrogen) atoms. The molecular weight excluding hydrogens is 380 g/mol. The molecule has 0 unspecified atom stereocenters. The van der Waals surface area contributed by atoms with Crippen LogP contribution >= 0.6 is 11.6 Å². The fourth-order valence-corrected chi connectivity index (χ4v) is 3.12. The number of ketones is 1. The lowest BCUT2D eigenvalue weighted by Crippen LogP contribution is -2.35. The number of benzene rings is 1. The van der Waals surface area contributed by atoms with Gasteiger partial charge >= 0.3 is 0 Å². The molecule has 8 heteroatoms. The van der Waals surface area contributed by atoms with Crippen molar-refractivity contribution < 1.29 is 14.4 Å². The van der Waals surface area contributed by atoms with Gasteiger partial charge in [-0.1, -0.05) is 11.6 Å². The van der Waals surface area contributed by atoms with Crippen LogP contribution in [-0.2, 0) is 4.79 Å². The summed E-state index contributed by atoms with van der Waals surface area (Å²) < 4.78 is 0. The van der Waals surface area contributed by atoms with Gasteiger partial charge in [-0.15, -0.1) is 0 Å². The fourth-order valence-electron chi connectivity index (χ4n) is 3.01. The standard InChI is InChI=1S/C20H21ClN4O3/c1-12(26)14-2-4-17(24-19(27)13-6-8-22-9-7-13)16(10-14)20(28)25-18-5-3-15(21)11-23-18/h2-5,10-11,13,22H,6-9H2,1H3,(H,24,27)(H,23,25,28). The second kappa shape index (κ2) is 8.95. The van der Waals surface area contributed by atoms with E-state index in [2.05, 4.69) is 20.9 Å². The molecule has 2 amide bonds. The van der Waals surface area contributed by atoms with E-state index < -0.39 is 5.91 Å². The number of amides is 2. The molecule has 1 saturated heterocycles. The first-order valence-electron chi connectivity index (χ1n) is 9.03. The van der Waals surface area contributed by atoms with Gasteiger partial charge in [0.15, 0.2) is 5.78 Å². The first-order valence-corrected chi connectivity index (χ1v) is 9.41. The van der Waals surface area contributed by atoms with E-state index in [4.69, 9.17) is 11.6 Å². The van der Waals surface area contributed by atoms with Crippen LogP contribution in [0.1, 0.15) is 40.5 Å². The number of piperidine rings is 1. The van der Waals surface area contributed by atoms with Gasteiger partial charge in [0.25, 0.3) is 5.91 Å². The van der Waals surface area contributed by atoms with E-state index >= 15 is 0 Å². The Labute approximate surface area is 167 Å². The molecular formula is C20H21ClN4O3. The van der Waals surface area contributed by atoms with Gasteiger partial charge in [-0.3, -0.25) is 14.4 Å². The first-order chi connectivity index (χ1) is 13.4. The summed E-state index contributed by atoms with van der Waals surface area (Å²) in [5, 5.41) is 9.17. The van der Waals surface area contributed by atoms with Gasteiger partial charge < -0.3 is 16.0 Å². The third-order valence-electron chi connectivity index (χ3n) is 4.61. The highest BCUT2D eigenvalue weighted by Crippen LogP contribution is 2.22. The normalized spacial score (nSPS) is 14.4. The van der Waals surface area contributed by atoms with Crippen molar-refractivity contribution in [1.29, 1.82) is 0 Å². The van der Waals surface area contributed by atoms with Gasteiger partial charge in [0.1, 0.15) is 5.82 Å². The van der Waals surface area contributed by atoms with E-state index in [1.807, 2.05) is 0 Å². The molecule has 1 aromatic carbocycles. The second-order valence-electron chi connectivity index (χ2n) is 6.65. The maximum atomic E-state index is 12.8. The number of carbonyl (C=O) groups is 3. The highest BCUT2D eigenvalue weighted by molar-refractivity contribution is 6.30. The van der Waals surface area contributed by atoms with Crippen LogP contribution in [-0.4, -0.2) is 35.7 Å². The predicted molar refractivity (Wildman–Crippen MR) is 108 cm³/mol. The Bertz CT molecular complexity index is 893. The predicted octanol–water partition coefficient (Wildman–Crippen LogP) is 3.13. The molecule has 1 fully saturated rings. The number of hydrogen-bond acceptors (Lipinski definition) is 5. The topological polar surface area (TPSA) is 100 Å². The maximum absolute atomic E-state index is 12.8. The lowest BCUT2D eigenvalue weighted by Gasteiger charge is -2.22. The van der Waals surface area contributed by atoms with Crippen LogP contribution in [0.2, 0.25) is 5.02 Å². The van der Waals surface area contributed by atoms with Crippen LogP contribution < -0.4 is 16.0 Å². The van der Waals surface area contributed by atoms with Crippen molar-refractivity contribution in [2.75, 3.05) is 23.7 Å². The number of Topliss-reactive ketones (excluding diaryl/α,β-unsaturated/α-hetero) is 1. The summed E-state index contributed by atoms with van der Waals surface area (Å²) in [6.07, 6.45) is 2.91. The minimum absolute atomic E-state index is 0.109. The lowest BCUT2D eigenvalue weighted by molar-refractivity contribution is -0.120. The number of anilines is 2. The number of nitrogens with zero attached hydrogens (tertiary/aromatic N) is 1. The Balaban J connectivity index is 1.84. The number of aromatic nitrogens is 1. The Morgan fingerprint density at radius 1 is 1.11 bits per heavy atom. The molecule has 0 aliphatic carbocycles. The average molecular weight is 401 g/mol. The molecule has 3 rings (SSSR count). The van der Waals surface area contributed by atoms with Crippen LogP contribution in [0.15, 0.2) is 36.5 Å². The molecule has 0 saturated carbocycles. The highest BCUT2D eigenvalue weighted by Gasteiger charge is 2.23. The maximum Gasteiger partial charge on any atom is 0.258 e. The number of pyridine rings is 1. The van der Waals surface area contributed by atoms with Crippen LogP contribution in [0.5, 0.6) is 0 Å². The van der Waals surface area contributed by atoms with Crippen molar-refractivity contribution in [3.05, 3.63) is 52.7 Å². The van der Waals surface area contributed by atoms with Crippen LogP contribution in [0.4, 0.5) is 11.5 Å². The Hall–Kier alpha value is -2.77. The number of rotatable bonds is 5. The van der Waals surface area contributed by atoms with Gasteiger partial charge in [-0.25, -0.2) is 4.98 Å². The third-order valence-corrected chi connectivity index (χ3v) is 4.83.